The predicted molar refractivity (Wildman–Crippen MR) is 96.2 cm³/mol. The highest BCUT2D eigenvalue weighted by atomic mass is 32.2. The summed E-state index contributed by atoms with van der Waals surface area (Å²) >= 11 is 0. The van der Waals surface area contributed by atoms with Crippen molar-refractivity contribution in [3.05, 3.63) is 35.9 Å². The molecule has 0 aliphatic carbocycles. The second-order valence-corrected chi connectivity index (χ2v) is 11.3. The SMILES string of the molecule is CC(C)(C)ONC(=O)C(C)(Cc1ccccc1)S(=O)(=O)C(C)(C)C. The van der Waals surface area contributed by atoms with Crippen LogP contribution in [0.15, 0.2) is 30.3 Å². The van der Waals surface area contributed by atoms with E-state index in [-0.39, 0.29) is 6.42 Å². The summed E-state index contributed by atoms with van der Waals surface area (Å²) in [6, 6.07) is 9.12. The highest BCUT2D eigenvalue weighted by Gasteiger charge is 2.52. The summed E-state index contributed by atoms with van der Waals surface area (Å²) in [5.74, 6) is -0.656. The lowest BCUT2D eigenvalue weighted by Crippen LogP contribution is -2.57. The number of benzene rings is 1. The van der Waals surface area contributed by atoms with Crippen molar-refractivity contribution in [1.29, 1.82) is 0 Å². The third kappa shape index (κ3) is 4.57. The van der Waals surface area contributed by atoms with Crippen LogP contribution in [0.2, 0.25) is 0 Å². The number of hydrogen-bond acceptors (Lipinski definition) is 4. The van der Waals surface area contributed by atoms with Gasteiger partial charge in [-0.3, -0.25) is 9.63 Å². The second kappa shape index (κ2) is 6.84. The van der Waals surface area contributed by atoms with Gasteiger partial charge in [-0.15, -0.1) is 0 Å². The van der Waals surface area contributed by atoms with Crippen LogP contribution in [0.5, 0.6) is 0 Å². The van der Waals surface area contributed by atoms with Crippen LogP contribution in [-0.2, 0) is 25.9 Å². The molecule has 0 saturated heterocycles. The van der Waals surface area contributed by atoms with Crippen molar-refractivity contribution in [1.82, 2.24) is 5.48 Å². The monoisotopic (exact) mass is 355 g/mol. The Hall–Kier alpha value is -1.40. The minimum absolute atomic E-state index is 0.0762. The minimum Gasteiger partial charge on any atom is -0.271 e. The smallest absolute Gasteiger partial charge is 0.265 e. The Morgan fingerprint density at radius 3 is 1.92 bits per heavy atom. The molecule has 1 amide bonds. The van der Waals surface area contributed by atoms with E-state index in [9.17, 15) is 13.2 Å². The second-order valence-electron chi connectivity index (χ2n) is 8.15. The van der Waals surface area contributed by atoms with E-state index >= 15 is 0 Å². The van der Waals surface area contributed by atoms with Gasteiger partial charge in [0.25, 0.3) is 5.91 Å². The molecule has 5 nitrogen and oxygen atoms in total. The molecular formula is C18H29NO4S. The molecule has 0 aliphatic rings. The fraction of sp³-hybridized carbons (Fsp3) is 0.611. The van der Waals surface area contributed by atoms with Gasteiger partial charge in [-0.2, -0.15) is 0 Å². The molecule has 0 fully saturated rings. The normalized spacial score (nSPS) is 15.6. The van der Waals surface area contributed by atoms with Crippen molar-refractivity contribution in [3.8, 4) is 0 Å². The van der Waals surface area contributed by atoms with Gasteiger partial charge in [0, 0.05) is 6.42 Å². The molecule has 24 heavy (non-hydrogen) atoms. The van der Waals surface area contributed by atoms with Gasteiger partial charge in [0.05, 0.1) is 10.3 Å². The number of carbonyl (C=O) groups is 1. The maximum absolute atomic E-state index is 13.1. The molecule has 0 spiro atoms. The molecule has 0 aromatic heterocycles. The summed E-state index contributed by atoms with van der Waals surface area (Å²) in [6.45, 7) is 11.6. The maximum Gasteiger partial charge on any atom is 0.265 e. The molecule has 1 aromatic rings. The summed E-state index contributed by atoms with van der Waals surface area (Å²) in [7, 11) is -3.80. The lowest BCUT2D eigenvalue weighted by Gasteiger charge is -2.35. The van der Waals surface area contributed by atoms with Crippen LogP contribution in [0, 0.1) is 0 Å². The first-order valence-corrected chi connectivity index (χ1v) is 9.45. The highest BCUT2D eigenvalue weighted by Crippen LogP contribution is 2.33. The van der Waals surface area contributed by atoms with Gasteiger partial charge < -0.3 is 0 Å². The van der Waals surface area contributed by atoms with Crippen molar-refractivity contribution < 1.29 is 18.0 Å². The zero-order valence-corrected chi connectivity index (χ0v) is 16.5. The van der Waals surface area contributed by atoms with E-state index in [4.69, 9.17) is 4.84 Å². The van der Waals surface area contributed by atoms with Gasteiger partial charge in [-0.05, 0) is 54.0 Å². The number of carbonyl (C=O) groups excluding carboxylic acids is 1. The molecule has 1 unspecified atom stereocenters. The summed E-state index contributed by atoms with van der Waals surface area (Å²) in [5.41, 5.74) is 2.50. The topological polar surface area (TPSA) is 72.5 Å². The van der Waals surface area contributed by atoms with Gasteiger partial charge >= 0.3 is 0 Å². The number of sulfone groups is 1. The van der Waals surface area contributed by atoms with Crippen LogP contribution in [0.4, 0.5) is 0 Å². The predicted octanol–water partition coefficient (Wildman–Crippen LogP) is 3.05. The van der Waals surface area contributed by atoms with E-state index < -0.39 is 30.8 Å². The first kappa shape index (κ1) is 20.6. The van der Waals surface area contributed by atoms with Crippen LogP contribution in [0.1, 0.15) is 54.0 Å². The number of rotatable bonds is 5. The molecule has 0 radical (unpaired) electrons. The highest BCUT2D eigenvalue weighted by molar-refractivity contribution is 7.94. The van der Waals surface area contributed by atoms with Crippen molar-refractivity contribution in [2.75, 3.05) is 0 Å². The summed E-state index contributed by atoms with van der Waals surface area (Å²) in [4.78, 5) is 18.1. The molecule has 1 atom stereocenters. The molecule has 0 saturated carbocycles. The lowest BCUT2D eigenvalue weighted by atomic mass is 9.99. The first-order chi connectivity index (χ1) is 10.7. The van der Waals surface area contributed by atoms with E-state index in [1.54, 1.807) is 41.5 Å². The van der Waals surface area contributed by atoms with Gasteiger partial charge in [-0.25, -0.2) is 13.9 Å². The van der Waals surface area contributed by atoms with Crippen molar-refractivity contribution in [2.45, 2.75) is 70.0 Å². The molecule has 136 valence electrons. The van der Waals surface area contributed by atoms with E-state index in [1.165, 1.54) is 6.92 Å². The Morgan fingerprint density at radius 1 is 1.00 bits per heavy atom. The molecule has 0 heterocycles. The van der Waals surface area contributed by atoms with Gasteiger partial charge in [0.2, 0.25) is 0 Å². The average Bonchev–Trinajstić information content (AvgIpc) is 2.43. The Kier molecular flexibility index (Phi) is 5.89. The fourth-order valence-corrected chi connectivity index (χ4v) is 4.26. The minimum atomic E-state index is -3.80. The van der Waals surface area contributed by atoms with E-state index in [0.29, 0.717) is 0 Å². The Labute approximate surface area is 145 Å². The zero-order valence-electron chi connectivity index (χ0n) is 15.6. The first-order valence-electron chi connectivity index (χ1n) is 7.97. The summed E-state index contributed by atoms with van der Waals surface area (Å²) < 4.78 is 23.5. The Morgan fingerprint density at radius 2 is 1.50 bits per heavy atom. The summed E-state index contributed by atoms with van der Waals surface area (Å²) in [5, 5.41) is 0. The third-order valence-corrected chi connectivity index (χ3v) is 6.84. The largest absolute Gasteiger partial charge is 0.271 e. The number of hydrogen-bond donors (Lipinski definition) is 1. The van der Waals surface area contributed by atoms with Crippen molar-refractivity contribution in [3.63, 3.8) is 0 Å². The standard InChI is InChI=1S/C18H29NO4S/c1-16(2,3)23-19-15(20)18(7,24(21,22)17(4,5)6)13-14-11-9-8-10-12-14/h8-12H,13H2,1-7H3,(H,19,20). The van der Waals surface area contributed by atoms with Crippen LogP contribution < -0.4 is 5.48 Å². The molecule has 6 heteroatoms. The average molecular weight is 356 g/mol. The molecule has 0 bridgehead atoms. The maximum atomic E-state index is 13.1. The number of nitrogens with one attached hydrogen (secondary N) is 1. The molecular weight excluding hydrogens is 326 g/mol. The van der Waals surface area contributed by atoms with Crippen molar-refractivity contribution >= 4 is 15.7 Å². The zero-order chi connectivity index (χ0) is 18.8. The van der Waals surface area contributed by atoms with E-state index in [1.807, 2.05) is 30.3 Å². The quantitative estimate of drug-likeness (QED) is 0.824. The van der Waals surface area contributed by atoms with Crippen LogP contribution in [0.25, 0.3) is 0 Å². The van der Waals surface area contributed by atoms with E-state index in [2.05, 4.69) is 5.48 Å². The molecule has 1 rings (SSSR count). The third-order valence-electron chi connectivity index (χ3n) is 3.71. The van der Waals surface area contributed by atoms with Crippen molar-refractivity contribution in [2.24, 2.45) is 0 Å². The summed E-state index contributed by atoms with van der Waals surface area (Å²) in [6.07, 6.45) is 0.0762. The number of hydroxylamine groups is 1. The molecule has 1 N–H and O–H groups in total. The fourth-order valence-electron chi connectivity index (χ4n) is 2.27. The van der Waals surface area contributed by atoms with Crippen LogP contribution in [-0.4, -0.2) is 29.4 Å². The van der Waals surface area contributed by atoms with Crippen LogP contribution >= 0.6 is 0 Å². The Balaban J connectivity index is 3.28. The van der Waals surface area contributed by atoms with Gasteiger partial charge in [-0.1, -0.05) is 30.3 Å². The van der Waals surface area contributed by atoms with Gasteiger partial charge in [0.1, 0.15) is 0 Å². The molecule has 0 aliphatic heterocycles. The lowest BCUT2D eigenvalue weighted by molar-refractivity contribution is -0.147. The van der Waals surface area contributed by atoms with Crippen LogP contribution in [0.3, 0.4) is 0 Å². The number of amides is 1. The molecule has 1 aromatic carbocycles. The van der Waals surface area contributed by atoms with Gasteiger partial charge in [0.15, 0.2) is 14.6 Å². The van der Waals surface area contributed by atoms with E-state index in [0.717, 1.165) is 5.56 Å². The Bertz CT molecular complexity index is 669.